The molecule has 1 saturated carbocycles. The summed E-state index contributed by atoms with van der Waals surface area (Å²) < 4.78 is 29.0. The van der Waals surface area contributed by atoms with E-state index in [1.807, 2.05) is 11.0 Å². The minimum atomic E-state index is -0.967. The van der Waals surface area contributed by atoms with E-state index in [1.165, 1.54) is 4.68 Å². The van der Waals surface area contributed by atoms with Crippen molar-refractivity contribution >= 4 is 22.8 Å². The van der Waals surface area contributed by atoms with Crippen LogP contribution < -0.4 is 4.90 Å². The number of nitrogens with one attached hydrogen (secondary N) is 1. The predicted octanol–water partition coefficient (Wildman–Crippen LogP) is 2.04. The number of amides is 1. The van der Waals surface area contributed by atoms with E-state index in [-0.39, 0.29) is 18.0 Å². The molecule has 0 radical (unpaired) electrons. The molecule has 8 nitrogen and oxygen atoms in total. The van der Waals surface area contributed by atoms with E-state index in [0.717, 1.165) is 24.0 Å². The minimum absolute atomic E-state index is 0.0228. The van der Waals surface area contributed by atoms with Crippen LogP contribution in [-0.4, -0.2) is 66.9 Å². The number of alkyl halides is 1. The Labute approximate surface area is 170 Å². The van der Waals surface area contributed by atoms with Crippen LogP contribution in [0.5, 0.6) is 0 Å². The number of hydrogen-bond donors (Lipinski definition) is 1. The van der Waals surface area contributed by atoms with E-state index in [2.05, 4.69) is 25.0 Å². The molecule has 3 fully saturated rings. The molecule has 6 rings (SSSR count). The van der Waals surface area contributed by atoms with E-state index in [1.54, 1.807) is 19.4 Å². The van der Waals surface area contributed by atoms with E-state index in [9.17, 15) is 13.6 Å². The maximum absolute atomic E-state index is 14.1. The molecule has 2 aliphatic heterocycles. The second-order valence-corrected chi connectivity index (χ2v) is 8.52. The Bertz CT molecular complexity index is 1140. The normalized spacial score (nSPS) is 27.8. The smallest absolute Gasteiger partial charge is 0.243 e. The largest absolute Gasteiger partial charge is 0.366 e. The highest BCUT2D eigenvalue weighted by atomic mass is 19.1. The monoisotopic (exact) mass is 413 g/mol. The number of aromatic amines is 1. The van der Waals surface area contributed by atoms with Crippen LogP contribution in [0.2, 0.25) is 0 Å². The fourth-order valence-corrected chi connectivity index (χ4v) is 4.98. The average molecular weight is 413 g/mol. The van der Waals surface area contributed by atoms with Gasteiger partial charge in [-0.15, -0.1) is 5.10 Å². The number of carbonyl (C=O) groups excluding carboxylic acids is 1. The molecule has 3 aromatic rings. The molecule has 156 valence electrons. The first-order chi connectivity index (χ1) is 14.5. The van der Waals surface area contributed by atoms with Crippen LogP contribution in [0.4, 0.5) is 14.5 Å². The second kappa shape index (κ2) is 6.23. The molecular weight excluding hydrogens is 392 g/mol. The molecule has 2 saturated heterocycles. The molecule has 2 bridgehead atoms. The van der Waals surface area contributed by atoms with Crippen molar-refractivity contribution in [2.45, 2.75) is 37.5 Å². The number of piperazine rings is 1. The summed E-state index contributed by atoms with van der Waals surface area (Å²) in [5, 5.41) is 3.74. The molecule has 1 N–H and O–H groups in total. The molecule has 5 heterocycles. The Kier molecular flexibility index (Phi) is 3.69. The number of nitrogens with zero attached hydrogens (tertiary/aromatic N) is 6. The number of aryl methyl sites for hydroxylation is 1. The van der Waals surface area contributed by atoms with Crippen molar-refractivity contribution in [3.8, 4) is 11.4 Å². The highest BCUT2D eigenvalue weighted by molar-refractivity contribution is 5.89. The van der Waals surface area contributed by atoms with Crippen LogP contribution in [0, 0.1) is 11.9 Å². The van der Waals surface area contributed by atoms with Crippen molar-refractivity contribution in [3.05, 3.63) is 24.4 Å². The highest BCUT2D eigenvalue weighted by Crippen LogP contribution is 2.41. The number of halogens is 2. The quantitative estimate of drug-likeness (QED) is 0.711. The molecule has 2 unspecified atom stereocenters. The van der Waals surface area contributed by atoms with Gasteiger partial charge in [0.25, 0.3) is 0 Å². The Morgan fingerprint density at radius 3 is 2.63 bits per heavy atom. The molecule has 0 aromatic carbocycles. The van der Waals surface area contributed by atoms with Gasteiger partial charge in [-0.1, -0.05) is 0 Å². The number of pyridine rings is 1. The first kappa shape index (κ1) is 17.8. The predicted molar refractivity (Wildman–Crippen MR) is 105 cm³/mol. The van der Waals surface area contributed by atoms with E-state index in [4.69, 9.17) is 0 Å². The zero-order valence-corrected chi connectivity index (χ0v) is 16.4. The standard InChI is InChI=1S/C20H21F2N7O/c1-27-9-13(17(22)26-27)18-24-16-15(4-5-23-19(16)25-18)28-7-10-2-3-11(8-28)29(10)20(30)12-6-14(12)21/h4-5,9-12,14H,2-3,6-8H2,1H3,(H,23,24,25)/t10?,11?,12-,14-/m1/s1. The molecule has 3 aliphatic rings. The van der Waals surface area contributed by atoms with Gasteiger partial charge in [0.2, 0.25) is 11.9 Å². The third-order valence-electron chi connectivity index (χ3n) is 6.52. The van der Waals surface area contributed by atoms with Crippen LogP contribution in [0.15, 0.2) is 18.5 Å². The Morgan fingerprint density at radius 2 is 2.00 bits per heavy atom. The summed E-state index contributed by atoms with van der Waals surface area (Å²) in [6, 6.07) is 2.09. The number of hydrogen-bond acceptors (Lipinski definition) is 5. The Morgan fingerprint density at radius 1 is 1.27 bits per heavy atom. The van der Waals surface area contributed by atoms with Gasteiger partial charge in [-0.2, -0.15) is 4.39 Å². The zero-order chi connectivity index (χ0) is 20.6. The van der Waals surface area contributed by atoms with Gasteiger partial charge in [-0.05, 0) is 25.3 Å². The number of imidazole rings is 1. The van der Waals surface area contributed by atoms with Gasteiger partial charge in [0.05, 0.1) is 17.2 Å². The molecule has 10 heteroatoms. The Balaban J connectivity index is 1.32. The van der Waals surface area contributed by atoms with Crippen LogP contribution >= 0.6 is 0 Å². The molecule has 1 amide bonds. The van der Waals surface area contributed by atoms with Crippen molar-refractivity contribution in [2.75, 3.05) is 18.0 Å². The van der Waals surface area contributed by atoms with Gasteiger partial charge in [0.15, 0.2) is 5.65 Å². The summed E-state index contributed by atoms with van der Waals surface area (Å²) in [6.07, 6.45) is 4.53. The van der Waals surface area contributed by atoms with Gasteiger partial charge >= 0.3 is 0 Å². The Hall–Kier alpha value is -3.04. The molecule has 0 spiro atoms. The summed E-state index contributed by atoms with van der Waals surface area (Å²) in [4.78, 5) is 28.8. The maximum atomic E-state index is 14.1. The molecule has 4 atom stereocenters. The van der Waals surface area contributed by atoms with Crippen molar-refractivity contribution < 1.29 is 13.6 Å². The first-order valence-electron chi connectivity index (χ1n) is 10.2. The van der Waals surface area contributed by atoms with Crippen molar-refractivity contribution in [3.63, 3.8) is 0 Å². The fourth-order valence-electron chi connectivity index (χ4n) is 4.98. The SMILES string of the molecule is Cn1cc(-c2nc3nccc(N4CC5CCC(C4)N5C(=O)[C@@H]4C[C@H]4F)c3[nH]2)c(F)n1. The third kappa shape index (κ3) is 2.62. The van der Waals surface area contributed by atoms with E-state index < -0.39 is 18.0 Å². The van der Waals surface area contributed by atoms with E-state index in [0.29, 0.717) is 36.5 Å². The van der Waals surface area contributed by atoms with Crippen molar-refractivity contribution in [2.24, 2.45) is 13.0 Å². The number of fused-ring (bicyclic) bond motifs is 3. The lowest BCUT2D eigenvalue weighted by Gasteiger charge is -2.42. The van der Waals surface area contributed by atoms with Crippen LogP contribution in [0.1, 0.15) is 19.3 Å². The summed E-state index contributed by atoms with van der Waals surface area (Å²) in [7, 11) is 1.65. The lowest BCUT2D eigenvalue weighted by Crippen LogP contribution is -2.56. The summed E-state index contributed by atoms with van der Waals surface area (Å²) in [5.74, 6) is -0.660. The van der Waals surface area contributed by atoms with Gasteiger partial charge in [0, 0.05) is 44.6 Å². The number of carbonyl (C=O) groups is 1. The maximum Gasteiger partial charge on any atom is 0.243 e. The number of H-pyrrole nitrogens is 1. The summed E-state index contributed by atoms with van der Waals surface area (Å²) in [6.45, 7) is 1.36. The van der Waals surface area contributed by atoms with Crippen molar-refractivity contribution in [1.29, 1.82) is 0 Å². The minimum Gasteiger partial charge on any atom is -0.366 e. The van der Waals surface area contributed by atoms with Gasteiger partial charge in [-0.3, -0.25) is 9.48 Å². The first-order valence-corrected chi connectivity index (χ1v) is 10.2. The van der Waals surface area contributed by atoms with Gasteiger partial charge < -0.3 is 14.8 Å². The summed E-state index contributed by atoms with van der Waals surface area (Å²) >= 11 is 0. The van der Waals surface area contributed by atoms with E-state index >= 15 is 0 Å². The lowest BCUT2D eigenvalue weighted by molar-refractivity contribution is -0.136. The number of aromatic nitrogens is 5. The number of anilines is 1. The average Bonchev–Trinajstić information content (AvgIpc) is 3.03. The molecule has 30 heavy (non-hydrogen) atoms. The zero-order valence-electron chi connectivity index (χ0n) is 16.4. The molecular formula is C20H21F2N7O. The molecule has 1 aliphatic carbocycles. The molecule has 3 aromatic heterocycles. The second-order valence-electron chi connectivity index (χ2n) is 8.52. The topological polar surface area (TPSA) is 82.9 Å². The van der Waals surface area contributed by atoms with Gasteiger partial charge in [-0.25, -0.2) is 14.4 Å². The fraction of sp³-hybridized carbons (Fsp3) is 0.500. The third-order valence-corrected chi connectivity index (χ3v) is 6.52. The van der Waals surface area contributed by atoms with Gasteiger partial charge in [0.1, 0.15) is 17.5 Å². The lowest BCUT2D eigenvalue weighted by atomic mass is 10.1. The summed E-state index contributed by atoms with van der Waals surface area (Å²) in [5.41, 5.74) is 2.47. The number of rotatable bonds is 3. The van der Waals surface area contributed by atoms with Crippen molar-refractivity contribution in [1.82, 2.24) is 29.6 Å². The van der Waals surface area contributed by atoms with Crippen LogP contribution in [0.3, 0.4) is 0 Å². The highest BCUT2D eigenvalue weighted by Gasteiger charge is 2.51. The van der Waals surface area contributed by atoms with Crippen LogP contribution in [-0.2, 0) is 11.8 Å². The van der Waals surface area contributed by atoms with Crippen LogP contribution in [0.25, 0.3) is 22.6 Å².